The van der Waals surface area contributed by atoms with Gasteiger partial charge < -0.3 is 11.1 Å². The van der Waals surface area contributed by atoms with E-state index in [1.165, 1.54) is 11.1 Å². The number of hydrogen-bond donors (Lipinski definition) is 2. The monoisotopic (exact) mass is 252 g/mol. The van der Waals surface area contributed by atoms with Crippen molar-refractivity contribution in [1.82, 2.24) is 4.98 Å². The molecular formula is C15H16N4. The maximum atomic E-state index is 9.06. The lowest BCUT2D eigenvalue weighted by molar-refractivity contribution is 1.03. The van der Waals surface area contributed by atoms with E-state index >= 15 is 0 Å². The molecule has 0 saturated heterocycles. The third-order valence-corrected chi connectivity index (χ3v) is 2.97. The average Bonchev–Trinajstić information content (AvgIpc) is 2.46. The number of nitrogens with two attached hydrogens (primary N) is 1. The van der Waals surface area contributed by atoms with Crippen LogP contribution in [-0.2, 0) is 13.0 Å². The average molecular weight is 252 g/mol. The standard InChI is InChI=1S/C15H16N4/c1-2-11-5-3-4-6-12(11)9-18-15-13(8-16)7-14(17)10-19-15/h3-7,10H,2,9,17H2,1H3,(H,18,19). The maximum Gasteiger partial charge on any atom is 0.144 e. The molecule has 0 spiro atoms. The maximum absolute atomic E-state index is 9.06. The van der Waals surface area contributed by atoms with E-state index in [1.54, 1.807) is 12.3 Å². The fraction of sp³-hybridized carbons (Fsp3) is 0.200. The third-order valence-electron chi connectivity index (χ3n) is 2.97. The summed E-state index contributed by atoms with van der Waals surface area (Å²) in [6.45, 7) is 2.77. The van der Waals surface area contributed by atoms with Crippen molar-refractivity contribution in [3.63, 3.8) is 0 Å². The molecule has 0 bridgehead atoms. The number of rotatable bonds is 4. The molecule has 1 heterocycles. The van der Waals surface area contributed by atoms with Crippen LogP contribution in [0.3, 0.4) is 0 Å². The predicted molar refractivity (Wildman–Crippen MR) is 76.5 cm³/mol. The van der Waals surface area contributed by atoms with Gasteiger partial charge in [-0.25, -0.2) is 4.98 Å². The van der Waals surface area contributed by atoms with Gasteiger partial charge in [0.15, 0.2) is 0 Å². The molecule has 0 aliphatic heterocycles. The number of nitrogen functional groups attached to an aromatic ring is 1. The van der Waals surface area contributed by atoms with Crippen LogP contribution in [0.15, 0.2) is 36.5 Å². The molecule has 0 aliphatic carbocycles. The topological polar surface area (TPSA) is 74.7 Å². The number of nitriles is 1. The molecule has 0 aliphatic rings. The second-order valence-electron chi connectivity index (χ2n) is 4.25. The van der Waals surface area contributed by atoms with Crippen LogP contribution < -0.4 is 11.1 Å². The van der Waals surface area contributed by atoms with Crippen molar-refractivity contribution < 1.29 is 0 Å². The first-order chi connectivity index (χ1) is 9.24. The molecule has 0 saturated carbocycles. The molecule has 0 fully saturated rings. The molecule has 19 heavy (non-hydrogen) atoms. The van der Waals surface area contributed by atoms with Crippen molar-refractivity contribution >= 4 is 11.5 Å². The van der Waals surface area contributed by atoms with E-state index in [1.807, 2.05) is 12.1 Å². The van der Waals surface area contributed by atoms with Crippen molar-refractivity contribution in [2.24, 2.45) is 0 Å². The molecule has 0 atom stereocenters. The number of aromatic nitrogens is 1. The first kappa shape index (κ1) is 12.9. The Bertz CT molecular complexity index is 614. The highest BCUT2D eigenvalue weighted by Gasteiger charge is 2.05. The van der Waals surface area contributed by atoms with Crippen LogP contribution in [0, 0.1) is 11.3 Å². The van der Waals surface area contributed by atoms with E-state index in [9.17, 15) is 0 Å². The van der Waals surface area contributed by atoms with E-state index in [4.69, 9.17) is 11.0 Å². The largest absolute Gasteiger partial charge is 0.397 e. The Hall–Kier alpha value is -2.54. The third kappa shape index (κ3) is 3.02. The van der Waals surface area contributed by atoms with E-state index in [0.29, 0.717) is 23.6 Å². The van der Waals surface area contributed by atoms with Gasteiger partial charge in [0.25, 0.3) is 0 Å². The van der Waals surface area contributed by atoms with Crippen molar-refractivity contribution in [1.29, 1.82) is 5.26 Å². The molecule has 0 amide bonds. The summed E-state index contributed by atoms with van der Waals surface area (Å²) < 4.78 is 0. The Kier molecular flexibility index (Phi) is 3.99. The van der Waals surface area contributed by atoms with Crippen molar-refractivity contribution in [3.8, 4) is 6.07 Å². The fourth-order valence-corrected chi connectivity index (χ4v) is 1.96. The highest BCUT2D eigenvalue weighted by Crippen LogP contribution is 2.16. The number of benzene rings is 1. The fourth-order valence-electron chi connectivity index (χ4n) is 1.96. The highest BCUT2D eigenvalue weighted by atomic mass is 15.0. The van der Waals surface area contributed by atoms with Gasteiger partial charge in [0.05, 0.1) is 17.4 Å². The molecule has 2 aromatic rings. The minimum absolute atomic E-state index is 0.467. The normalized spacial score (nSPS) is 9.89. The molecule has 1 aromatic heterocycles. The Morgan fingerprint density at radius 2 is 2.05 bits per heavy atom. The summed E-state index contributed by atoms with van der Waals surface area (Å²) >= 11 is 0. The molecule has 96 valence electrons. The summed E-state index contributed by atoms with van der Waals surface area (Å²) in [7, 11) is 0. The zero-order chi connectivity index (χ0) is 13.7. The molecule has 4 heteroatoms. The number of hydrogen-bond acceptors (Lipinski definition) is 4. The number of aryl methyl sites for hydroxylation is 1. The van der Waals surface area contributed by atoms with Crippen LogP contribution in [0.25, 0.3) is 0 Å². The zero-order valence-electron chi connectivity index (χ0n) is 10.9. The minimum Gasteiger partial charge on any atom is -0.397 e. The molecule has 0 radical (unpaired) electrons. The van der Waals surface area contributed by atoms with Gasteiger partial charge in [-0.15, -0.1) is 0 Å². The van der Waals surface area contributed by atoms with Crippen molar-refractivity contribution in [3.05, 3.63) is 53.2 Å². The summed E-state index contributed by atoms with van der Waals surface area (Å²) in [4.78, 5) is 4.16. The molecular weight excluding hydrogens is 236 g/mol. The molecule has 4 nitrogen and oxygen atoms in total. The second kappa shape index (κ2) is 5.87. The van der Waals surface area contributed by atoms with E-state index in [-0.39, 0.29) is 0 Å². The van der Waals surface area contributed by atoms with Gasteiger partial charge in [-0.3, -0.25) is 0 Å². The van der Waals surface area contributed by atoms with Crippen LogP contribution in [0.5, 0.6) is 0 Å². The van der Waals surface area contributed by atoms with Crippen molar-refractivity contribution in [2.75, 3.05) is 11.1 Å². The smallest absolute Gasteiger partial charge is 0.144 e. The Labute approximate surface area is 112 Å². The zero-order valence-corrected chi connectivity index (χ0v) is 10.9. The van der Waals surface area contributed by atoms with Crippen LogP contribution in [-0.4, -0.2) is 4.98 Å². The lowest BCUT2D eigenvalue weighted by Gasteiger charge is -2.10. The number of pyridine rings is 1. The van der Waals surface area contributed by atoms with Gasteiger partial charge in [0, 0.05) is 6.54 Å². The predicted octanol–water partition coefficient (Wildman–Crippen LogP) is 2.71. The summed E-state index contributed by atoms with van der Waals surface area (Å²) in [5.74, 6) is 0.572. The van der Waals surface area contributed by atoms with Gasteiger partial charge in [-0.1, -0.05) is 31.2 Å². The summed E-state index contributed by atoms with van der Waals surface area (Å²) in [5.41, 5.74) is 9.09. The van der Waals surface area contributed by atoms with Crippen LogP contribution >= 0.6 is 0 Å². The van der Waals surface area contributed by atoms with Gasteiger partial charge in [-0.05, 0) is 23.6 Å². The number of nitrogens with zero attached hydrogens (tertiary/aromatic N) is 2. The van der Waals surface area contributed by atoms with Crippen LogP contribution in [0.4, 0.5) is 11.5 Å². The van der Waals surface area contributed by atoms with Crippen LogP contribution in [0.2, 0.25) is 0 Å². The van der Waals surface area contributed by atoms with Gasteiger partial charge >= 0.3 is 0 Å². The summed E-state index contributed by atoms with van der Waals surface area (Å²) in [5, 5.41) is 12.2. The Morgan fingerprint density at radius 3 is 2.74 bits per heavy atom. The van der Waals surface area contributed by atoms with Gasteiger partial charge in [0.1, 0.15) is 11.9 Å². The minimum atomic E-state index is 0.467. The first-order valence-electron chi connectivity index (χ1n) is 6.21. The lowest BCUT2D eigenvalue weighted by Crippen LogP contribution is -2.06. The summed E-state index contributed by atoms with van der Waals surface area (Å²) in [6, 6.07) is 12.0. The molecule has 1 aromatic carbocycles. The SMILES string of the molecule is CCc1ccccc1CNc1ncc(N)cc1C#N. The second-order valence-corrected chi connectivity index (χ2v) is 4.25. The Morgan fingerprint density at radius 1 is 1.32 bits per heavy atom. The van der Waals surface area contributed by atoms with E-state index < -0.39 is 0 Å². The van der Waals surface area contributed by atoms with E-state index in [0.717, 1.165) is 6.42 Å². The van der Waals surface area contributed by atoms with Crippen molar-refractivity contribution in [2.45, 2.75) is 19.9 Å². The van der Waals surface area contributed by atoms with Gasteiger partial charge in [0.2, 0.25) is 0 Å². The Balaban J connectivity index is 2.17. The first-order valence-corrected chi connectivity index (χ1v) is 6.21. The van der Waals surface area contributed by atoms with Gasteiger partial charge in [-0.2, -0.15) is 5.26 Å². The summed E-state index contributed by atoms with van der Waals surface area (Å²) in [6.07, 6.45) is 2.53. The van der Waals surface area contributed by atoms with E-state index in [2.05, 4.69) is 35.4 Å². The quantitative estimate of drug-likeness (QED) is 0.877. The molecule has 0 unspecified atom stereocenters. The molecule has 2 rings (SSSR count). The molecule has 3 N–H and O–H groups in total. The number of nitrogens with one attached hydrogen (secondary N) is 1. The lowest BCUT2D eigenvalue weighted by atomic mass is 10.1. The van der Waals surface area contributed by atoms with Crippen LogP contribution in [0.1, 0.15) is 23.6 Å². The number of anilines is 2. The highest BCUT2D eigenvalue weighted by molar-refractivity contribution is 5.57.